The molecular formula is C21H36IN5O3S. The molecule has 0 atom stereocenters. The molecule has 1 fully saturated rings. The highest BCUT2D eigenvalue weighted by molar-refractivity contribution is 14.0. The quantitative estimate of drug-likeness (QED) is 0.285. The van der Waals surface area contributed by atoms with Crippen LogP contribution in [0.25, 0.3) is 0 Å². The van der Waals surface area contributed by atoms with Gasteiger partial charge in [0.2, 0.25) is 10.0 Å². The second-order valence-electron chi connectivity index (χ2n) is 7.90. The fourth-order valence-corrected chi connectivity index (χ4v) is 4.30. The number of halogens is 1. The van der Waals surface area contributed by atoms with E-state index in [9.17, 15) is 13.2 Å². The Morgan fingerprint density at radius 1 is 1.23 bits per heavy atom. The summed E-state index contributed by atoms with van der Waals surface area (Å²) >= 11 is 0. The van der Waals surface area contributed by atoms with Crippen LogP contribution in [-0.4, -0.2) is 82.6 Å². The zero-order valence-corrected chi connectivity index (χ0v) is 22.1. The van der Waals surface area contributed by atoms with E-state index < -0.39 is 10.0 Å². The van der Waals surface area contributed by atoms with Crippen LogP contribution >= 0.6 is 24.0 Å². The highest BCUT2D eigenvalue weighted by Gasteiger charge is 2.24. The van der Waals surface area contributed by atoms with Gasteiger partial charge in [-0.2, -0.15) is 0 Å². The maximum Gasteiger partial charge on any atom is 0.253 e. The van der Waals surface area contributed by atoms with Gasteiger partial charge < -0.3 is 15.5 Å². The zero-order chi connectivity index (χ0) is 22.1. The molecule has 0 radical (unpaired) electrons. The first-order valence-corrected chi connectivity index (χ1v) is 12.3. The first-order chi connectivity index (χ1) is 14.2. The minimum Gasteiger partial charge on any atom is -0.357 e. The van der Waals surface area contributed by atoms with Crippen molar-refractivity contribution in [2.24, 2.45) is 10.9 Å². The Hall–Kier alpha value is -1.40. The number of aliphatic imine (C=N–C) groups is 1. The van der Waals surface area contributed by atoms with Crippen molar-refractivity contribution in [2.45, 2.75) is 26.2 Å². The van der Waals surface area contributed by atoms with Gasteiger partial charge in [0, 0.05) is 52.4 Å². The fraction of sp³-hybridized carbons (Fsp3) is 0.619. The topological polar surface area (TPSA) is 94.1 Å². The number of hydrogen-bond donors (Lipinski definition) is 2. The molecule has 10 heteroatoms. The first-order valence-electron chi connectivity index (χ1n) is 10.5. The van der Waals surface area contributed by atoms with E-state index in [2.05, 4.69) is 10.6 Å². The summed E-state index contributed by atoms with van der Waals surface area (Å²) in [7, 11) is 0.410. The van der Waals surface area contributed by atoms with Crippen molar-refractivity contribution in [2.75, 3.05) is 53.1 Å². The van der Waals surface area contributed by atoms with E-state index >= 15 is 0 Å². The van der Waals surface area contributed by atoms with Gasteiger partial charge in [0.25, 0.3) is 5.91 Å². The van der Waals surface area contributed by atoms with Crippen LogP contribution in [0.4, 0.5) is 0 Å². The van der Waals surface area contributed by atoms with Crippen molar-refractivity contribution in [3.8, 4) is 0 Å². The van der Waals surface area contributed by atoms with E-state index in [0.29, 0.717) is 37.7 Å². The summed E-state index contributed by atoms with van der Waals surface area (Å²) in [6.07, 6.45) is 3.72. The van der Waals surface area contributed by atoms with Gasteiger partial charge in [-0.05, 0) is 49.8 Å². The summed E-state index contributed by atoms with van der Waals surface area (Å²) in [4.78, 5) is 18.4. The standard InChI is InChI=1S/C21H35N5O3S.HI/c1-5-22-21(24-16-18-10-13-26(14-11-18)30(4,28)29)23-12-9-17-7-6-8-19(15-17)20(27)25(2)3;/h6-8,15,18H,5,9-14,16H2,1-4H3,(H2,22,23,24);1H. The van der Waals surface area contributed by atoms with Gasteiger partial charge in [0.05, 0.1) is 6.26 Å². The van der Waals surface area contributed by atoms with Crippen LogP contribution in [0.2, 0.25) is 0 Å². The zero-order valence-electron chi connectivity index (χ0n) is 18.9. The van der Waals surface area contributed by atoms with Crippen LogP contribution < -0.4 is 10.6 Å². The summed E-state index contributed by atoms with van der Waals surface area (Å²) in [5.74, 6) is 1.16. The molecule has 1 amide bonds. The summed E-state index contributed by atoms with van der Waals surface area (Å²) < 4.78 is 24.8. The number of sulfonamides is 1. The van der Waals surface area contributed by atoms with E-state index in [1.54, 1.807) is 23.3 Å². The largest absolute Gasteiger partial charge is 0.357 e. The summed E-state index contributed by atoms with van der Waals surface area (Å²) in [5.41, 5.74) is 1.79. The third-order valence-corrected chi connectivity index (χ3v) is 6.48. The number of piperidine rings is 1. The summed E-state index contributed by atoms with van der Waals surface area (Å²) in [5, 5.41) is 6.61. The molecule has 1 aliphatic rings. The van der Waals surface area contributed by atoms with E-state index in [1.165, 1.54) is 6.26 Å². The molecule has 1 aliphatic heterocycles. The lowest BCUT2D eigenvalue weighted by Gasteiger charge is -2.29. The molecule has 2 N–H and O–H groups in total. The Kier molecular flexibility index (Phi) is 11.8. The van der Waals surface area contributed by atoms with E-state index in [4.69, 9.17) is 4.99 Å². The lowest BCUT2D eigenvalue weighted by molar-refractivity contribution is 0.0827. The minimum absolute atomic E-state index is 0. The van der Waals surface area contributed by atoms with Crippen LogP contribution in [0.5, 0.6) is 0 Å². The third kappa shape index (κ3) is 9.32. The van der Waals surface area contributed by atoms with Gasteiger partial charge in [-0.25, -0.2) is 12.7 Å². The first kappa shape index (κ1) is 27.6. The second-order valence-corrected chi connectivity index (χ2v) is 9.88. The molecule has 31 heavy (non-hydrogen) atoms. The fourth-order valence-electron chi connectivity index (χ4n) is 3.43. The molecule has 1 heterocycles. The maximum absolute atomic E-state index is 12.1. The number of benzene rings is 1. The number of nitrogens with zero attached hydrogens (tertiary/aromatic N) is 3. The minimum atomic E-state index is -3.09. The lowest BCUT2D eigenvalue weighted by Crippen LogP contribution is -2.40. The highest BCUT2D eigenvalue weighted by atomic mass is 127. The summed E-state index contributed by atoms with van der Waals surface area (Å²) in [6, 6.07) is 7.70. The summed E-state index contributed by atoms with van der Waals surface area (Å²) in [6.45, 7) is 5.33. The SMILES string of the molecule is CCNC(=NCC1CCN(S(C)(=O)=O)CC1)NCCc1cccc(C(=O)N(C)C)c1.I. The van der Waals surface area contributed by atoms with Gasteiger partial charge in [-0.3, -0.25) is 9.79 Å². The molecule has 0 bridgehead atoms. The van der Waals surface area contributed by atoms with Crippen molar-refractivity contribution in [1.82, 2.24) is 19.8 Å². The Morgan fingerprint density at radius 3 is 2.48 bits per heavy atom. The Balaban J connectivity index is 0.00000480. The van der Waals surface area contributed by atoms with E-state index in [1.807, 2.05) is 31.2 Å². The molecule has 176 valence electrons. The smallest absolute Gasteiger partial charge is 0.253 e. The van der Waals surface area contributed by atoms with Crippen molar-refractivity contribution in [1.29, 1.82) is 0 Å². The van der Waals surface area contributed by atoms with Crippen LogP contribution in [-0.2, 0) is 16.4 Å². The number of nitrogens with one attached hydrogen (secondary N) is 2. The van der Waals surface area contributed by atoms with Gasteiger partial charge in [0.1, 0.15) is 0 Å². The third-order valence-electron chi connectivity index (χ3n) is 5.18. The van der Waals surface area contributed by atoms with Crippen LogP contribution in [0.15, 0.2) is 29.3 Å². The molecule has 2 rings (SSSR count). The monoisotopic (exact) mass is 565 g/mol. The maximum atomic E-state index is 12.1. The Bertz CT molecular complexity index is 837. The van der Waals surface area contributed by atoms with E-state index in [0.717, 1.165) is 37.3 Å². The molecule has 0 spiro atoms. The molecule has 1 aromatic rings. The van der Waals surface area contributed by atoms with Crippen molar-refractivity contribution >= 4 is 45.9 Å². The average molecular weight is 566 g/mol. The van der Waals surface area contributed by atoms with Crippen LogP contribution in [0.1, 0.15) is 35.7 Å². The number of hydrogen-bond acceptors (Lipinski definition) is 4. The molecule has 0 saturated carbocycles. The Labute approximate surface area is 203 Å². The number of carbonyl (C=O) groups excluding carboxylic acids is 1. The predicted molar refractivity (Wildman–Crippen MR) is 137 cm³/mol. The average Bonchev–Trinajstić information content (AvgIpc) is 2.71. The van der Waals surface area contributed by atoms with Crippen molar-refractivity contribution < 1.29 is 13.2 Å². The molecule has 1 aromatic carbocycles. The predicted octanol–water partition coefficient (Wildman–Crippen LogP) is 1.78. The van der Waals surface area contributed by atoms with Crippen LogP contribution in [0, 0.1) is 5.92 Å². The van der Waals surface area contributed by atoms with Crippen LogP contribution in [0.3, 0.4) is 0 Å². The number of rotatable bonds is 8. The van der Waals surface area contributed by atoms with Crippen molar-refractivity contribution in [3.05, 3.63) is 35.4 Å². The number of carbonyl (C=O) groups is 1. The van der Waals surface area contributed by atoms with Gasteiger partial charge in [-0.15, -0.1) is 24.0 Å². The number of guanidine groups is 1. The lowest BCUT2D eigenvalue weighted by atomic mass is 9.98. The molecule has 0 unspecified atom stereocenters. The van der Waals surface area contributed by atoms with Gasteiger partial charge in [0.15, 0.2) is 5.96 Å². The molecule has 1 saturated heterocycles. The molecular weight excluding hydrogens is 529 g/mol. The molecule has 0 aromatic heterocycles. The normalized spacial score (nSPS) is 15.8. The highest BCUT2D eigenvalue weighted by Crippen LogP contribution is 2.19. The number of amides is 1. The van der Waals surface area contributed by atoms with E-state index in [-0.39, 0.29) is 29.9 Å². The molecule has 0 aliphatic carbocycles. The molecule has 8 nitrogen and oxygen atoms in total. The van der Waals surface area contributed by atoms with Gasteiger partial charge >= 0.3 is 0 Å². The Morgan fingerprint density at radius 2 is 1.90 bits per heavy atom. The second kappa shape index (κ2) is 13.2. The van der Waals surface area contributed by atoms with Gasteiger partial charge in [-0.1, -0.05) is 12.1 Å². The van der Waals surface area contributed by atoms with Crippen molar-refractivity contribution in [3.63, 3.8) is 0 Å².